The van der Waals surface area contributed by atoms with Crippen LogP contribution in [0.15, 0.2) is 115 Å². The highest BCUT2D eigenvalue weighted by Crippen LogP contribution is 2.34. The fourth-order valence-electron chi connectivity index (χ4n) is 3.65. The summed E-state index contributed by atoms with van der Waals surface area (Å²) >= 11 is 0. The number of benzene rings is 4. The van der Waals surface area contributed by atoms with Gasteiger partial charge in [-0.25, -0.2) is 4.98 Å². The molecule has 1 heterocycles. The minimum Gasteiger partial charge on any atom is -0.248 e. The van der Waals surface area contributed by atoms with Gasteiger partial charge in [-0.15, -0.1) is 0 Å². The molecule has 4 aromatic carbocycles. The van der Waals surface area contributed by atoms with Gasteiger partial charge in [0.2, 0.25) is 0 Å². The van der Waals surface area contributed by atoms with E-state index in [1.165, 1.54) is 27.6 Å². The SMILES string of the molecule is c1ccc(-c2ccc3nc(-c4ccccc4)cc(-c4ccccc4)c3c2)cc1. The summed E-state index contributed by atoms with van der Waals surface area (Å²) in [6.07, 6.45) is 0. The number of fused-ring (bicyclic) bond motifs is 1. The lowest BCUT2D eigenvalue weighted by Crippen LogP contribution is -1.90. The first-order valence-corrected chi connectivity index (χ1v) is 9.49. The van der Waals surface area contributed by atoms with Crippen molar-refractivity contribution in [3.63, 3.8) is 0 Å². The standard InChI is InChI=1S/C27H19N/c1-4-10-20(11-5-1)23-16-17-26-25(18-23)24(21-12-6-2-7-13-21)19-27(28-26)22-14-8-3-9-15-22/h1-19H. The first kappa shape index (κ1) is 16.5. The number of pyridine rings is 1. The molecule has 5 aromatic rings. The lowest BCUT2D eigenvalue weighted by Gasteiger charge is -2.12. The monoisotopic (exact) mass is 357 g/mol. The van der Waals surface area contributed by atoms with Crippen molar-refractivity contribution in [1.82, 2.24) is 4.98 Å². The van der Waals surface area contributed by atoms with E-state index in [1.54, 1.807) is 0 Å². The van der Waals surface area contributed by atoms with E-state index in [0.29, 0.717) is 0 Å². The Morgan fingerprint density at radius 2 is 1.00 bits per heavy atom. The van der Waals surface area contributed by atoms with Crippen LogP contribution in [0.4, 0.5) is 0 Å². The van der Waals surface area contributed by atoms with Crippen LogP contribution in [0, 0.1) is 0 Å². The molecular weight excluding hydrogens is 338 g/mol. The Balaban J connectivity index is 1.78. The van der Waals surface area contributed by atoms with Crippen molar-refractivity contribution >= 4 is 10.9 Å². The van der Waals surface area contributed by atoms with Gasteiger partial charge in [-0.05, 0) is 40.5 Å². The molecule has 0 bridgehead atoms. The average molecular weight is 357 g/mol. The van der Waals surface area contributed by atoms with Crippen LogP contribution in [0.5, 0.6) is 0 Å². The van der Waals surface area contributed by atoms with Crippen molar-refractivity contribution in [2.75, 3.05) is 0 Å². The van der Waals surface area contributed by atoms with Crippen molar-refractivity contribution in [2.45, 2.75) is 0 Å². The quantitative estimate of drug-likeness (QED) is 0.332. The zero-order valence-corrected chi connectivity index (χ0v) is 15.4. The van der Waals surface area contributed by atoms with Crippen LogP contribution in [0.3, 0.4) is 0 Å². The molecule has 132 valence electrons. The first-order valence-electron chi connectivity index (χ1n) is 9.49. The van der Waals surface area contributed by atoms with E-state index in [4.69, 9.17) is 4.98 Å². The number of nitrogens with zero attached hydrogens (tertiary/aromatic N) is 1. The summed E-state index contributed by atoms with van der Waals surface area (Å²) in [6.45, 7) is 0. The molecule has 1 aromatic heterocycles. The number of rotatable bonds is 3. The lowest BCUT2D eigenvalue weighted by molar-refractivity contribution is 1.40. The van der Waals surface area contributed by atoms with Gasteiger partial charge in [0.15, 0.2) is 0 Å². The Hall–Kier alpha value is -3.71. The molecule has 28 heavy (non-hydrogen) atoms. The van der Waals surface area contributed by atoms with Crippen molar-refractivity contribution < 1.29 is 0 Å². The van der Waals surface area contributed by atoms with Gasteiger partial charge in [-0.2, -0.15) is 0 Å². The molecule has 0 fully saturated rings. The van der Waals surface area contributed by atoms with Gasteiger partial charge < -0.3 is 0 Å². The zero-order chi connectivity index (χ0) is 18.8. The van der Waals surface area contributed by atoms with E-state index in [-0.39, 0.29) is 0 Å². The van der Waals surface area contributed by atoms with Gasteiger partial charge in [0.25, 0.3) is 0 Å². The van der Waals surface area contributed by atoms with E-state index in [0.717, 1.165) is 16.8 Å². The summed E-state index contributed by atoms with van der Waals surface area (Å²) in [5, 5.41) is 1.17. The minimum atomic E-state index is 0.999. The van der Waals surface area contributed by atoms with Gasteiger partial charge in [0.1, 0.15) is 0 Å². The second-order valence-corrected chi connectivity index (χ2v) is 6.89. The molecule has 0 amide bonds. The number of hydrogen-bond acceptors (Lipinski definition) is 1. The molecule has 1 heteroatoms. The van der Waals surface area contributed by atoms with Gasteiger partial charge in [-0.1, -0.05) is 97.1 Å². The van der Waals surface area contributed by atoms with Crippen molar-refractivity contribution in [1.29, 1.82) is 0 Å². The maximum absolute atomic E-state index is 4.97. The third-order valence-corrected chi connectivity index (χ3v) is 5.07. The maximum Gasteiger partial charge on any atom is 0.0716 e. The Kier molecular flexibility index (Phi) is 4.19. The van der Waals surface area contributed by atoms with Crippen LogP contribution in [0.25, 0.3) is 44.4 Å². The van der Waals surface area contributed by atoms with Crippen LogP contribution in [0.1, 0.15) is 0 Å². The molecule has 0 N–H and O–H groups in total. The minimum absolute atomic E-state index is 0.999. The summed E-state index contributed by atoms with van der Waals surface area (Å²) in [7, 11) is 0. The third-order valence-electron chi connectivity index (χ3n) is 5.07. The molecule has 0 aliphatic heterocycles. The third kappa shape index (κ3) is 3.08. The summed E-state index contributed by atoms with van der Waals surface area (Å²) < 4.78 is 0. The number of aromatic nitrogens is 1. The summed E-state index contributed by atoms with van der Waals surface area (Å²) in [5.74, 6) is 0. The fourth-order valence-corrected chi connectivity index (χ4v) is 3.65. The van der Waals surface area contributed by atoms with E-state index in [2.05, 4.69) is 103 Å². The highest BCUT2D eigenvalue weighted by atomic mass is 14.7. The molecule has 0 aliphatic rings. The molecule has 1 nitrogen and oxygen atoms in total. The molecule has 0 saturated carbocycles. The lowest BCUT2D eigenvalue weighted by atomic mass is 9.95. The van der Waals surface area contributed by atoms with Crippen LogP contribution >= 0.6 is 0 Å². The van der Waals surface area contributed by atoms with Crippen LogP contribution in [0.2, 0.25) is 0 Å². The Labute approximate surface area is 165 Å². The summed E-state index contributed by atoms with van der Waals surface area (Å²) in [6, 6.07) is 40.2. The second kappa shape index (κ2) is 7.13. The Morgan fingerprint density at radius 3 is 1.64 bits per heavy atom. The molecule has 5 rings (SSSR count). The van der Waals surface area contributed by atoms with Crippen molar-refractivity contribution in [3.8, 4) is 33.5 Å². The molecule has 0 saturated heterocycles. The van der Waals surface area contributed by atoms with E-state index < -0.39 is 0 Å². The smallest absolute Gasteiger partial charge is 0.0716 e. The second-order valence-electron chi connectivity index (χ2n) is 6.89. The molecule has 0 aliphatic carbocycles. The Bertz CT molecular complexity index is 1230. The van der Waals surface area contributed by atoms with E-state index in [9.17, 15) is 0 Å². The summed E-state index contributed by atoms with van der Waals surface area (Å²) in [4.78, 5) is 4.97. The van der Waals surface area contributed by atoms with Crippen molar-refractivity contribution in [3.05, 3.63) is 115 Å². The van der Waals surface area contributed by atoms with Crippen molar-refractivity contribution in [2.24, 2.45) is 0 Å². The summed E-state index contributed by atoms with van der Waals surface area (Å²) in [5.41, 5.74) is 7.99. The van der Waals surface area contributed by atoms with Gasteiger partial charge in [-0.3, -0.25) is 0 Å². The van der Waals surface area contributed by atoms with Gasteiger partial charge >= 0.3 is 0 Å². The molecule has 0 atom stereocenters. The highest BCUT2D eigenvalue weighted by Gasteiger charge is 2.11. The predicted octanol–water partition coefficient (Wildman–Crippen LogP) is 7.24. The van der Waals surface area contributed by atoms with Crippen LogP contribution in [-0.4, -0.2) is 4.98 Å². The largest absolute Gasteiger partial charge is 0.248 e. The van der Waals surface area contributed by atoms with Crippen LogP contribution in [-0.2, 0) is 0 Å². The first-order chi connectivity index (χ1) is 13.9. The predicted molar refractivity (Wildman–Crippen MR) is 118 cm³/mol. The topological polar surface area (TPSA) is 12.9 Å². The van der Waals surface area contributed by atoms with Gasteiger partial charge in [0.05, 0.1) is 11.2 Å². The van der Waals surface area contributed by atoms with Gasteiger partial charge in [0, 0.05) is 10.9 Å². The molecule has 0 radical (unpaired) electrons. The van der Waals surface area contributed by atoms with Crippen LogP contribution < -0.4 is 0 Å². The fraction of sp³-hybridized carbons (Fsp3) is 0. The maximum atomic E-state index is 4.97. The Morgan fingerprint density at radius 1 is 0.429 bits per heavy atom. The molecule has 0 spiro atoms. The van der Waals surface area contributed by atoms with E-state index >= 15 is 0 Å². The van der Waals surface area contributed by atoms with E-state index in [1.807, 2.05) is 12.1 Å². The average Bonchev–Trinajstić information content (AvgIpc) is 2.80. The normalized spacial score (nSPS) is 10.9. The highest BCUT2D eigenvalue weighted by molar-refractivity contribution is 5.98. The molecule has 0 unspecified atom stereocenters. The molecular formula is C27H19N. The number of hydrogen-bond donors (Lipinski definition) is 0. The zero-order valence-electron chi connectivity index (χ0n) is 15.4.